The second-order valence-electron chi connectivity index (χ2n) is 4.62. The van der Waals surface area contributed by atoms with E-state index in [1.54, 1.807) is 42.6 Å². The zero-order valence-electron chi connectivity index (χ0n) is 11.7. The minimum absolute atomic E-state index is 0.280. The van der Waals surface area contributed by atoms with Crippen molar-refractivity contribution < 1.29 is 17.9 Å². The smallest absolute Gasteiger partial charge is 0.337 e. The molecule has 5 nitrogen and oxygen atoms in total. The molecular formula is C15H15NO4S. The summed E-state index contributed by atoms with van der Waals surface area (Å²) < 4.78 is 27.4. The molecule has 21 heavy (non-hydrogen) atoms. The first kappa shape index (κ1) is 15.2. The lowest BCUT2D eigenvalue weighted by atomic mass is 10.1. The van der Waals surface area contributed by atoms with Crippen molar-refractivity contribution in [2.24, 2.45) is 0 Å². The van der Waals surface area contributed by atoms with Gasteiger partial charge in [0.15, 0.2) is 9.84 Å². The number of aromatic nitrogens is 1. The molecule has 0 aliphatic rings. The number of methoxy groups -OCH3 is 1. The van der Waals surface area contributed by atoms with Crippen molar-refractivity contribution in [1.29, 1.82) is 0 Å². The molecule has 0 fully saturated rings. The van der Waals surface area contributed by atoms with E-state index in [9.17, 15) is 13.2 Å². The first-order valence-electron chi connectivity index (χ1n) is 6.22. The number of carbonyl (C=O) groups excluding carboxylic acids is 1. The summed E-state index contributed by atoms with van der Waals surface area (Å²) >= 11 is 0. The summed E-state index contributed by atoms with van der Waals surface area (Å²) in [7, 11) is -1.86. The van der Waals surface area contributed by atoms with E-state index in [2.05, 4.69) is 9.72 Å². The van der Waals surface area contributed by atoms with Gasteiger partial charge in [0.2, 0.25) is 0 Å². The van der Waals surface area contributed by atoms with Crippen LogP contribution in [0.15, 0.2) is 47.5 Å². The predicted octanol–water partition coefficient (Wildman–Crippen LogP) is 1.86. The SMILES string of the molecule is COC(=O)c1ccnc(Cc2ccc(S(C)(=O)=O)cc2)c1. The Bertz CT molecular complexity index is 751. The van der Waals surface area contributed by atoms with Crippen LogP contribution < -0.4 is 0 Å². The molecule has 1 aromatic carbocycles. The van der Waals surface area contributed by atoms with Crippen LogP contribution >= 0.6 is 0 Å². The average Bonchev–Trinajstić information content (AvgIpc) is 2.46. The van der Waals surface area contributed by atoms with Crippen LogP contribution in [0.25, 0.3) is 0 Å². The lowest BCUT2D eigenvalue weighted by molar-refractivity contribution is 0.0600. The Morgan fingerprint density at radius 2 is 1.86 bits per heavy atom. The maximum Gasteiger partial charge on any atom is 0.337 e. The highest BCUT2D eigenvalue weighted by Gasteiger charge is 2.09. The summed E-state index contributed by atoms with van der Waals surface area (Å²) in [5, 5.41) is 0. The van der Waals surface area contributed by atoms with Crippen LogP contribution in [0.3, 0.4) is 0 Å². The Balaban J connectivity index is 2.20. The minimum atomic E-state index is -3.19. The number of ether oxygens (including phenoxy) is 1. The van der Waals surface area contributed by atoms with E-state index in [-0.39, 0.29) is 4.90 Å². The highest BCUT2D eigenvalue weighted by molar-refractivity contribution is 7.90. The van der Waals surface area contributed by atoms with Crippen LogP contribution in [0.5, 0.6) is 0 Å². The Hall–Kier alpha value is -2.21. The highest BCUT2D eigenvalue weighted by Crippen LogP contribution is 2.14. The normalized spacial score (nSPS) is 11.1. The number of esters is 1. The van der Waals surface area contributed by atoms with Gasteiger partial charge < -0.3 is 4.74 Å². The second kappa shape index (κ2) is 6.05. The van der Waals surface area contributed by atoms with E-state index in [1.165, 1.54) is 13.4 Å². The molecule has 1 aromatic heterocycles. The van der Waals surface area contributed by atoms with Crippen LogP contribution in [0.1, 0.15) is 21.6 Å². The fourth-order valence-electron chi connectivity index (χ4n) is 1.88. The number of nitrogens with zero attached hydrogens (tertiary/aromatic N) is 1. The molecular weight excluding hydrogens is 290 g/mol. The van der Waals surface area contributed by atoms with Crippen molar-refractivity contribution in [3.8, 4) is 0 Å². The van der Waals surface area contributed by atoms with Gasteiger partial charge in [0.1, 0.15) is 0 Å². The van der Waals surface area contributed by atoms with Crippen molar-refractivity contribution >= 4 is 15.8 Å². The number of sulfone groups is 1. The molecule has 0 N–H and O–H groups in total. The Morgan fingerprint density at radius 1 is 1.19 bits per heavy atom. The largest absolute Gasteiger partial charge is 0.465 e. The van der Waals surface area contributed by atoms with Gasteiger partial charge in [-0.2, -0.15) is 0 Å². The molecule has 0 bridgehead atoms. The number of rotatable bonds is 4. The van der Waals surface area contributed by atoms with E-state index in [0.717, 1.165) is 5.56 Å². The fourth-order valence-corrected chi connectivity index (χ4v) is 2.51. The van der Waals surface area contributed by atoms with Crippen LogP contribution in [0.2, 0.25) is 0 Å². The average molecular weight is 305 g/mol. The summed E-state index contributed by atoms with van der Waals surface area (Å²) in [4.78, 5) is 15.9. The van der Waals surface area contributed by atoms with Crippen LogP contribution in [0.4, 0.5) is 0 Å². The lowest BCUT2D eigenvalue weighted by Crippen LogP contribution is -2.03. The van der Waals surface area contributed by atoms with Gasteiger partial charge in [0, 0.05) is 24.6 Å². The van der Waals surface area contributed by atoms with Gasteiger partial charge in [-0.3, -0.25) is 4.98 Å². The van der Waals surface area contributed by atoms with Gasteiger partial charge in [0.05, 0.1) is 17.6 Å². The highest BCUT2D eigenvalue weighted by atomic mass is 32.2. The van der Waals surface area contributed by atoms with Crippen LogP contribution in [-0.2, 0) is 21.0 Å². The maximum absolute atomic E-state index is 11.5. The van der Waals surface area contributed by atoms with Gasteiger partial charge in [0.25, 0.3) is 0 Å². The van der Waals surface area contributed by atoms with Crippen molar-refractivity contribution in [2.75, 3.05) is 13.4 Å². The number of pyridine rings is 1. The van der Waals surface area contributed by atoms with E-state index >= 15 is 0 Å². The first-order chi connectivity index (χ1) is 9.90. The van der Waals surface area contributed by atoms with Gasteiger partial charge in [-0.1, -0.05) is 12.1 Å². The third kappa shape index (κ3) is 3.88. The van der Waals surface area contributed by atoms with Crippen molar-refractivity contribution in [3.05, 3.63) is 59.4 Å². The monoisotopic (exact) mass is 305 g/mol. The quantitative estimate of drug-likeness (QED) is 0.806. The first-order valence-corrected chi connectivity index (χ1v) is 8.11. The third-order valence-corrected chi connectivity index (χ3v) is 4.10. The molecule has 0 aliphatic carbocycles. The van der Waals surface area contributed by atoms with Gasteiger partial charge in [-0.05, 0) is 29.8 Å². The zero-order valence-corrected chi connectivity index (χ0v) is 12.6. The fraction of sp³-hybridized carbons (Fsp3) is 0.200. The zero-order chi connectivity index (χ0) is 15.5. The number of carbonyl (C=O) groups is 1. The second-order valence-corrected chi connectivity index (χ2v) is 6.64. The molecule has 110 valence electrons. The molecule has 0 atom stereocenters. The third-order valence-electron chi connectivity index (χ3n) is 2.97. The van der Waals surface area contributed by atoms with Crippen molar-refractivity contribution in [1.82, 2.24) is 4.98 Å². The summed E-state index contributed by atoms with van der Waals surface area (Å²) in [5.74, 6) is -0.411. The molecule has 2 rings (SSSR count). The van der Waals surface area contributed by atoms with E-state index in [0.29, 0.717) is 17.7 Å². The number of hydrogen-bond donors (Lipinski definition) is 0. The van der Waals surface area contributed by atoms with Crippen molar-refractivity contribution in [3.63, 3.8) is 0 Å². The van der Waals surface area contributed by atoms with Gasteiger partial charge in [-0.25, -0.2) is 13.2 Å². The van der Waals surface area contributed by atoms with Crippen molar-refractivity contribution in [2.45, 2.75) is 11.3 Å². The minimum Gasteiger partial charge on any atom is -0.465 e. The Labute approximate surface area is 123 Å². The predicted molar refractivity (Wildman–Crippen MR) is 77.9 cm³/mol. The van der Waals surface area contributed by atoms with Crippen LogP contribution in [-0.4, -0.2) is 32.7 Å². The standard InChI is InChI=1S/C15H15NO4S/c1-20-15(17)12-7-8-16-13(10-12)9-11-3-5-14(6-4-11)21(2,18)19/h3-8,10H,9H2,1-2H3. The molecule has 0 saturated carbocycles. The number of hydrogen-bond acceptors (Lipinski definition) is 5. The van der Waals surface area contributed by atoms with Gasteiger partial charge in [-0.15, -0.1) is 0 Å². The molecule has 0 unspecified atom stereocenters. The maximum atomic E-state index is 11.5. The summed E-state index contributed by atoms with van der Waals surface area (Å²) in [6.45, 7) is 0. The molecule has 0 saturated heterocycles. The lowest BCUT2D eigenvalue weighted by Gasteiger charge is -2.05. The molecule has 6 heteroatoms. The summed E-state index contributed by atoms with van der Waals surface area (Å²) in [6.07, 6.45) is 3.23. The molecule has 0 amide bonds. The molecule has 1 heterocycles. The molecule has 0 radical (unpaired) electrons. The summed E-state index contributed by atoms with van der Waals surface area (Å²) in [6, 6.07) is 9.85. The van der Waals surface area contributed by atoms with E-state index < -0.39 is 15.8 Å². The van der Waals surface area contributed by atoms with Crippen LogP contribution in [0, 0.1) is 0 Å². The Morgan fingerprint density at radius 3 is 2.43 bits per heavy atom. The topological polar surface area (TPSA) is 73.3 Å². The van der Waals surface area contributed by atoms with E-state index in [1.807, 2.05) is 0 Å². The summed E-state index contributed by atoms with van der Waals surface area (Å²) in [5.41, 5.74) is 2.07. The van der Waals surface area contributed by atoms with Gasteiger partial charge >= 0.3 is 5.97 Å². The Kier molecular flexibility index (Phi) is 4.37. The molecule has 0 aliphatic heterocycles. The molecule has 2 aromatic rings. The van der Waals surface area contributed by atoms with E-state index in [4.69, 9.17) is 0 Å². The number of benzene rings is 1. The molecule has 0 spiro atoms.